The zero-order valence-electron chi connectivity index (χ0n) is 8.24. The highest BCUT2D eigenvalue weighted by molar-refractivity contribution is 5.19. The van der Waals surface area contributed by atoms with Crippen molar-refractivity contribution >= 4 is 0 Å². The molecule has 4 N–H and O–H groups in total. The predicted molar refractivity (Wildman–Crippen MR) is 50.0 cm³/mol. The average molecular weight is 225 g/mol. The quantitative estimate of drug-likeness (QED) is 0.482. The van der Waals surface area contributed by atoms with Gasteiger partial charge >= 0.3 is 0 Å². The second-order valence-electron chi connectivity index (χ2n) is 3.54. The van der Waals surface area contributed by atoms with Gasteiger partial charge in [0.25, 0.3) is 0 Å². The smallest absolute Gasteiger partial charge is 0.158 e. The zero-order chi connectivity index (χ0) is 11.7. The number of ether oxygens (including phenoxy) is 1. The van der Waals surface area contributed by atoms with Crippen molar-refractivity contribution < 1.29 is 20.1 Å². The number of nitrogens with one attached hydrogen (secondary N) is 1. The number of rotatable bonds is 2. The Morgan fingerprint density at radius 3 is 2.75 bits per heavy atom. The number of imidazole rings is 1. The van der Waals surface area contributed by atoms with Crippen molar-refractivity contribution in [2.24, 2.45) is 0 Å². The van der Waals surface area contributed by atoms with Crippen molar-refractivity contribution in [1.29, 1.82) is 5.26 Å². The number of nitrogens with zero attached hydrogens (tertiary/aromatic N) is 2. The van der Waals surface area contributed by atoms with E-state index in [2.05, 4.69) is 9.97 Å². The molecule has 1 aromatic heterocycles. The van der Waals surface area contributed by atoms with Gasteiger partial charge in [-0.1, -0.05) is 0 Å². The summed E-state index contributed by atoms with van der Waals surface area (Å²) in [5.74, 6) is 0.263. The highest BCUT2D eigenvalue weighted by Gasteiger charge is 2.44. The molecule has 0 spiro atoms. The number of nitriles is 1. The standard InChI is InChI=1S/C9H11N3O4/c10-1-4-2-11-9(12-4)8-7(15)6(14)5(3-13)16-8/h2,5-8,13-15H,3H2,(H,11,12)/t5-,6-,7-,8?/m1/s1. The summed E-state index contributed by atoms with van der Waals surface area (Å²) in [6.45, 7) is -0.388. The molecule has 1 aliphatic heterocycles. The first kappa shape index (κ1) is 11.0. The minimum Gasteiger partial charge on any atom is -0.394 e. The molecule has 2 rings (SSSR count). The fraction of sp³-hybridized carbons (Fsp3) is 0.556. The van der Waals surface area contributed by atoms with Crippen LogP contribution in [-0.4, -0.2) is 50.2 Å². The maximum Gasteiger partial charge on any atom is 0.158 e. The van der Waals surface area contributed by atoms with Crippen LogP contribution in [0.4, 0.5) is 0 Å². The molecule has 1 saturated heterocycles. The van der Waals surface area contributed by atoms with Gasteiger partial charge in [-0.25, -0.2) is 4.98 Å². The summed E-state index contributed by atoms with van der Waals surface area (Å²) in [6.07, 6.45) is -2.64. The van der Waals surface area contributed by atoms with E-state index >= 15 is 0 Å². The topological polar surface area (TPSA) is 122 Å². The fourth-order valence-electron chi connectivity index (χ4n) is 1.67. The number of hydrogen-bond acceptors (Lipinski definition) is 6. The number of aliphatic hydroxyl groups is 3. The first-order chi connectivity index (χ1) is 7.67. The Labute approximate surface area is 90.9 Å². The van der Waals surface area contributed by atoms with Crippen LogP contribution < -0.4 is 0 Å². The Kier molecular flexibility index (Phi) is 2.89. The third kappa shape index (κ3) is 1.68. The van der Waals surface area contributed by atoms with Gasteiger partial charge in [0.2, 0.25) is 0 Å². The predicted octanol–water partition coefficient (Wildman–Crippen LogP) is -1.56. The van der Waals surface area contributed by atoms with Crippen LogP contribution in [0.15, 0.2) is 6.20 Å². The van der Waals surface area contributed by atoms with Crippen LogP contribution in [0.25, 0.3) is 0 Å². The molecule has 0 saturated carbocycles. The van der Waals surface area contributed by atoms with Gasteiger partial charge < -0.3 is 25.0 Å². The summed E-state index contributed by atoms with van der Waals surface area (Å²) in [5.41, 5.74) is 0.174. The van der Waals surface area contributed by atoms with Gasteiger partial charge in [0.15, 0.2) is 5.69 Å². The molecule has 0 radical (unpaired) electrons. The van der Waals surface area contributed by atoms with E-state index in [-0.39, 0.29) is 18.1 Å². The first-order valence-corrected chi connectivity index (χ1v) is 4.75. The summed E-state index contributed by atoms with van der Waals surface area (Å²) in [7, 11) is 0. The average Bonchev–Trinajstić information content (AvgIpc) is 2.86. The third-order valence-corrected chi connectivity index (χ3v) is 2.52. The lowest BCUT2D eigenvalue weighted by atomic mass is 10.1. The fourth-order valence-corrected chi connectivity index (χ4v) is 1.67. The Hall–Kier alpha value is -1.46. The van der Waals surface area contributed by atoms with Crippen molar-refractivity contribution in [3.8, 4) is 6.07 Å². The number of aromatic nitrogens is 2. The molecular formula is C9H11N3O4. The number of hydrogen-bond donors (Lipinski definition) is 4. The molecule has 7 heteroatoms. The Morgan fingerprint density at radius 2 is 2.25 bits per heavy atom. The molecule has 16 heavy (non-hydrogen) atoms. The molecule has 0 bridgehead atoms. The lowest BCUT2D eigenvalue weighted by molar-refractivity contribution is -0.0250. The number of aliphatic hydroxyl groups excluding tert-OH is 3. The van der Waals surface area contributed by atoms with Crippen LogP contribution in [-0.2, 0) is 4.74 Å². The van der Waals surface area contributed by atoms with Crippen LogP contribution in [0.5, 0.6) is 0 Å². The van der Waals surface area contributed by atoms with Crippen molar-refractivity contribution in [3.63, 3.8) is 0 Å². The van der Waals surface area contributed by atoms with Crippen molar-refractivity contribution in [3.05, 3.63) is 17.7 Å². The van der Waals surface area contributed by atoms with E-state index in [1.54, 1.807) is 0 Å². The molecule has 4 atom stereocenters. The number of aromatic amines is 1. The van der Waals surface area contributed by atoms with Crippen LogP contribution in [0.1, 0.15) is 17.6 Å². The normalized spacial score (nSPS) is 33.9. The van der Waals surface area contributed by atoms with Gasteiger partial charge in [0, 0.05) is 6.20 Å². The van der Waals surface area contributed by atoms with Crippen LogP contribution in [0.2, 0.25) is 0 Å². The molecule has 0 aliphatic carbocycles. The Bertz CT molecular complexity index is 413. The van der Waals surface area contributed by atoms with E-state index in [4.69, 9.17) is 15.1 Å². The number of H-pyrrole nitrogens is 1. The third-order valence-electron chi connectivity index (χ3n) is 2.52. The summed E-state index contributed by atoms with van der Waals surface area (Å²) in [6, 6.07) is 1.83. The van der Waals surface area contributed by atoms with E-state index in [0.29, 0.717) is 0 Å². The van der Waals surface area contributed by atoms with E-state index in [9.17, 15) is 10.2 Å². The highest BCUT2D eigenvalue weighted by Crippen LogP contribution is 2.31. The van der Waals surface area contributed by atoms with Crippen LogP contribution in [0, 0.1) is 11.3 Å². The summed E-state index contributed by atoms with van der Waals surface area (Å²) >= 11 is 0. The van der Waals surface area contributed by atoms with E-state index in [0.717, 1.165) is 0 Å². The first-order valence-electron chi connectivity index (χ1n) is 4.75. The maximum absolute atomic E-state index is 9.67. The second-order valence-corrected chi connectivity index (χ2v) is 3.54. The summed E-state index contributed by atoms with van der Waals surface area (Å²) < 4.78 is 5.23. The van der Waals surface area contributed by atoms with Gasteiger partial charge in [-0.3, -0.25) is 0 Å². The lowest BCUT2D eigenvalue weighted by Crippen LogP contribution is -2.32. The minimum atomic E-state index is -1.17. The molecule has 1 unspecified atom stereocenters. The SMILES string of the molecule is N#Cc1c[nH]c(C2O[C@H](CO)[C@@H](O)[C@H]2O)n1. The molecule has 86 valence electrons. The van der Waals surface area contributed by atoms with E-state index in [1.807, 2.05) is 6.07 Å². The lowest BCUT2D eigenvalue weighted by Gasteiger charge is -2.11. The molecule has 1 fully saturated rings. The molecule has 7 nitrogen and oxygen atoms in total. The van der Waals surface area contributed by atoms with E-state index in [1.165, 1.54) is 6.20 Å². The molecular weight excluding hydrogens is 214 g/mol. The van der Waals surface area contributed by atoms with Gasteiger partial charge in [-0.05, 0) is 0 Å². The van der Waals surface area contributed by atoms with Gasteiger partial charge in [0.05, 0.1) is 6.61 Å². The van der Waals surface area contributed by atoms with Crippen molar-refractivity contribution in [2.75, 3.05) is 6.61 Å². The molecule has 0 aromatic carbocycles. The Morgan fingerprint density at radius 1 is 1.50 bits per heavy atom. The minimum absolute atomic E-state index is 0.174. The van der Waals surface area contributed by atoms with Gasteiger partial charge in [-0.2, -0.15) is 5.26 Å². The zero-order valence-corrected chi connectivity index (χ0v) is 8.24. The van der Waals surface area contributed by atoms with Crippen LogP contribution in [0.3, 0.4) is 0 Å². The van der Waals surface area contributed by atoms with Crippen LogP contribution >= 0.6 is 0 Å². The monoisotopic (exact) mass is 225 g/mol. The Balaban J connectivity index is 2.20. The van der Waals surface area contributed by atoms with E-state index < -0.39 is 24.4 Å². The molecule has 1 aromatic rings. The van der Waals surface area contributed by atoms with Gasteiger partial charge in [-0.15, -0.1) is 0 Å². The molecule has 2 heterocycles. The molecule has 1 aliphatic rings. The molecule has 0 amide bonds. The summed E-state index contributed by atoms with van der Waals surface area (Å²) in [4.78, 5) is 6.55. The van der Waals surface area contributed by atoms with Gasteiger partial charge in [0.1, 0.15) is 36.3 Å². The van der Waals surface area contributed by atoms with Crippen molar-refractivity contribution in [2.45, 2.75) is 24.4 Å². The van der Waals surface area contributed by atoms with Crippen molar-refractivity contribution in [1.82, 2.24) is 9.97 Å². The highest BCUT2D eigenvalue weighted by atomic mass is 16.6. The maximum atomic E-state index is 9.67. The second kappa shape index (κ2) is 4.19. The largest absolute Gasteiger partial charge is 0.394 e. The summed E-state index contributed by atoms with van der Waals surface area (Å²) in [5, 5.41) is 36.7.